The number of ether oxygens (including phenoxy) is 6. The van der Waals surface area contributed by atoms with Gasteiger partial charge in [-0.25, -0.2) is 4.79 Å². The second-order valence-electron chi connectivity index (χ2n) is 16.9. The number of hydrogen-bond acceptors (Lipinski definition) is 13. The number of esters is 4. The van der Waals surface area contributed by atoms with E-state index in [0.29, 0.717) is 6.42 Å². The van der Waals surface area contributed by atoms with Crippen LogP contribution in [0.25, 0.3) is 0 Å². The highest BCUT2D eigenvalue weighted by Crippen LogP contribution is 2.81. The van der Waals surface area contributed by atoms with Crippen LogP contribution in [0.2, 0.25) is 0 Å². The monoisotopic (exact) mass is 674 g/mol. The first-order valence-corrected chi connectivity index (χ1v) is 17.2. The van der Waals surface area contributed by atoms with Crippen molar-refractivity contribution in [2.24, 2.45) is 63.6 Å². The van der Waals surface area contributed by atoms with Crippen LogP contribution in [-0.2, 0) is 52.4 Å². The summed E-state index contributed by atoms with van der Waals surface area (Å²) in [6, 6.07) is 0. The van der Waals surface area contributed by atoms with Gasteiger partial charge in [0.25, 0.3) is 0 Å². The van der Waals surface area contributed by atoms with Gasteiger partial charge >= 0.3 is 23.9 Å². The number of fused-ring (bicyclic) bond motifs is 9. The summed E-state index contributed by atoms with van der Waals surface area (Å²) in [6.45, 7) is 14.4. The van der Waals surface area contributed by atoms with Gasteiger partial charge in [-0.3, -0.25) is 19.2 Å². The first-order chi connectivity index (χ1) is 22.2. The Labute approximate surface area is 278 Å². The molecule has 48 heavy (non-hydrogen) atoms. The van der Waals surface area contributed by atoms with Crippen molar-refractivity contribution >= 4 is 29.7 Å². The van der Waals surface area contributed by atoms with Crippen molar-refractivity contribution < 1.29 is 62.6 Å². The Morgan fingerprint density at radius 3 is 2.02 bits per heavy atom. The Morgan fingerprint density at radius 1 is 0.833 bits per heavy atom. The van der Waals surface area contributed by atoms with Gasteiger partial charge in [0.2, 0.25) is 5.79 Å². The van der Waals surface area contributed by atoms with E-state index in [1.165, 1.54) is 27.7 Å². The molecular weight excluding hydrogens is 628 g/mol. The van der Waals surface area contributed by atoms with E-state index in [2.05, 4.69) is 0 Å². The van der Waals surface area contributed by atoms with Crippen LogP contribution >= 0.6 is 0 Å². The molecule has 13 heteroatoms. The number of rotatable bonds is 3. The number of hydrogen-bond donors (Lipinski definition) is 2. The van der Waals surface area contributed by atoms with Crippen molar-refractivity contribution in [2.45, 2.75) is 123 Å². The summed E-state index contributed by atoms with van der Waals surface area (Å²) in [5.74, 6) is -9.77. The Morgan fingerprint density at radius 2 is 1.42 bits per heavy atom. The molecule has 1 spiro atoms. The minimum atomic E-state index is -2.09. The van der Waals surface area contributed by atoms with Gasteiger partial charge in [-0.2, -0.15) is 0 Å². The number of aliphatic hydroxyl groups is 2. The molecule has 0 aromatic rings. The second kappa shape index (κ2) is 9.38. The Kier molecular flexibility index (Phi) is 6.37. The number of Topliss-reactive ketones (excluding diaryl/α,β-unsaturated/α-hetero) is 1. The molecule has 8 rings (SSSR count). The summed E-state index contributed by atoms with van der Waals surface area (Å²) in [4.78, 5) is 67.6. The Hall–Kier alpha value is -2.61. The average molecular weight is 675 g/mol. The SMILES string of the molecule is CC(=O)O[C@H]1[C@@H]2[C@H]([C@H](C)[C@H]3O[C@]34OC(=O)[C@@](C)(O)[C@]24C)[C@]2(C)[C@@H]1C1C(=O)[C@@H](C)[C@H]3C[C@@H]4O[C@@H]4[C@H](O)[C@]3(C)C1[C@H](OC(C)=O)[C@@H]2OC(C)=O. The van der Waals surface area contributed by atoms with Crippen LogP contribution in [0.5, 0.6) is 0 Å². The first kappa shape index (κ1) is 32.6. The smallest absolute Gasteiger partial charge is 0.341 e. The highest BCUT2D eigenvalue weighted by atomic mass is 16.8. The third-order valence-electron chi connectivity index (χ3n) is 15.1. The van der Waals surface area contributed by atoms with E-state index in [0.717, 1.165) is 0 Å². The largest absolute Gasteiger partial charge is 0.462 e. The van der Waals surface area contributed by atoms with E-state index < -0.39 is 130 Å². The predicted octanol–water partition coefficient (Wildman–Crippen LogP) is 1.33. The van der Waals surface area contributed by atoms with Crippen molar-refractivity contribution in [2.75, 3.05) is 0 Å². The molecule has 0 bridgehead atoms. The van der Waals surface area contributed by atoms with Crippen molar-refractivity contribution in [3.63, 3.8) is 0 Å². The quantitative estimate of drug-likeness (QED) is 0.248. The normalized spacial score (nSPS) is 59.6. The summed E-state index contributed by atoms with van der Waals surface area (Å²) in [6.07, 6.45) is -5.21. The van der Waals surface area contributed by atoms with Crippen LogP contribution in [-0.4, -0.2) is 94.0 Å². The van der Waals surface area contributed by atoms with Gasteiger partial charge in [0, 0.05) is 61.2 Å². The predicted molar refractivity (Wildman–Crippen MR) is 159 cm³/mol. The maximum atomic E-state index is 15.0. The molecule has 3 saturated heterocycles. The molecule has 0 aromatic carbocycles. The molecule has 0 amide bonds. The van der Waals surface area contributed by atoms with Crippen LogP contribution in [0.15, 0.2) is 0 Å². The molecule has 5 saturated carbocycles. The van der Waals surface area contributed by atoms with Crippen molar-refractivity contribution in [1.29, 1.82) is 0 Å². The zero-order valence-corrected chi connectivity index (χ0v) is 28.8. The lowest BCUT2D eigenvalue weighted by Crippen LogP contribution is -2.73. The Bertz CT molecular complexity index is 1540. The summed E-state index contributed by atoms with van der Waals surface area (Å²) in [7, 11) is 0. The molecule has 2 N–H and O–H groups in total. The van der Waals surface area contributed by atoms with Crippen LogP contribution in [0, 0.1) is 63.6 Å². The highest BCUT2D eigenvalue weighted by Gasteiger charge is 2.93. The highest BCUT2D eigenvalue weighted by molar-refractivity contribution is 5.87. The fourth-order valence-electron chi connectivity index (χ4n) is 13.2. The number of carbonyl (C=O) groups excluding carboxylic acids is 5. The maximum absolute atomic E-state index is 15.0. The van der Waals surface area contributed by atoms with Crippen LogP contribution in [0.3, 0.4) is 0 Å². The lowest BCUT2D eigenvalue weighted by molar-refractivity contribution is -0.262. The van der Waals surface area contributed by atoms with Gasteiger partial charge in [0.1, 0.15) is 36.3 Å². The van der Waals surface area contributed by atoms with E-state index in [1.807, 2.05) is 27.7 Å². The molecule has 3 heterocycles. The molecule has 5 aliphatic carbocycles. The number of aliphatic hydroxyl groups excluding tert-OH is 1. The molecular formula is C35H46O13. The van der Waals surface area contributed by atoms with Crippen molar-refractivity contribution in [3.8, 4) is 0 Å². The van der Waals surface area contributed by atoms with Crippen molar-refractivity contribution in [1.82, 2.24) is 0 Å². The van der Waals surface area contributed by atoms with E-state index in [1.54, 1.807) is 6.92 Å². The zero-order chi connectivity index (χ0) is 35.0. The van der Waals surface area contributed by atoms with Crippen LogP contribution in [0.1, 0.15) is 68.7 Å². The van der Waals surface area contributed by atoms with Crippen LogP contribution in [0.4, 0.5) is 0 Å². The molecule has 8 fully saturated rings. The van der Waals surface area contributed by atoms with Crippen molar-refractivity contribution in [3.05, 3.63) is 0 Å². The first-order valence-electron chi connectivity index (χ1n) is 17.2. The summed E-state index contributed by atoms with van der Waals surface area (Å²) < 4.78 is 36.8. The summed E-state index contributed by atoms with van der Waals surface area (Å²) in [5.41, 5.74) is -5.82. The summed E-state index contributed by atoms with van der Waals surface area (Å²) in [5, 5.41) is 24.1. The van der Waals surface area contributed by atoms with E-state index in [4.69, 9.17) is 28.4 Å². The van der Waals surface area contributed by atoms with Gasteiger partial charge in [0.05, 0.1) is 17.6 Å². The minimum Gasteiger partial charge on any atom is -0.462 e. The van der Waals surface area contributed by atoms with Gasteiger partial charge in [-0.1, -0.05) is 27.7 Å². The van der Waals surface area contributed by atoms with E-state index in [9.17, 15) is 29.4 Å². The molecule has 264 valence electrons. The lowest BCUT2D eigenvalue weighted by atomic mass is 9.40. The molecule has 13 nitrogen and oxygen atoms in total. The molecule has 8 aliphatic rings. The lowest BCUT2D eigenvalue weighted by Gasteiger charge is -2.65. The topological polar surface area (TPSA) is 188 Å². The Balaban J connectivity index is 1.42. The molecule has 3 aliphatic heterocycles. The minimum absolute atomic E-state index is 0.126. The fourth-order valence-corrected chi connectivity index (χ4v) is 13.2. The maximum Gasteiger partial charge on any atom is 0.341 e. The third kappa shape index (κ3) is 3.40. The molecule has 2 unspecified atom stereocenters. The van der Waals surface area contributed by atoms with Gasteiger partial charge in [0.15, 0.2) is 5.60 Å². The fraction of sp³-hybridized carbons (Fsp3) is 0.857. The third-order valence-corrected chi connectivity index (χ3v) is 15.1. The zero-order valence-electron chi connectivity index (χ0n) is 28.8. The molecule has 0 radical (unpaired) electrons. The second-order valence-corrected chi connectivity index (χ2v) is 16.9. The number of ketones is 1. The van der Waals surface area contributed by atoms with E-state index in [-0.39, 0.29) is 17.8 Å². The average Bonchev–Trinajstić information content (AvgIpc) is 3.88. The van der Waals surface area contributed by atoms with Gasteiger partial charge in [-0.05, 0) is 38.0 Å². The molecule has 0 aromatic heterocycles. The number of epoxide rings is 2. The summed E-state index contributed by atoms with van der Waals surface area (Å²) >= 11 is 0. The standard InChI is InChI=1S/C35H46O13/c1-11-16-10-17-24(46-17)27(40)31(16,6)21-18(23(11)39)20-25(43-13(3)36)22-19(32(20,7)29(45-15(5)38)26(21)44-14(4)37)12(2)28-35(47-28)33(22,8)34(9,42)30(41)48-35/h11-12,16-22,24-29,40,42H,10H2,1-9H3/t11-,12-,16+,17-,18?,19-,20+,21?,22-,24-,25+,26-,27-,28+,29-,31-,32+,33-,34+,35-/m0/s1. The van der Waals surface area contributed by atoms with Crippen LogP contribution < -0.4 is 0 Å². The van der Waals surface area contributed by atoms with Gasteiger partial charge in [-0.15, -0.1) is 0 Å². The number of carbonyl (C=O) groups is 5. The van der Waals surface area contributed by atoms with Gasteiger partial charge < -0.3 is 38.6 Å². The van der Waals surface area contributed by atoms with E-state index >= 15 is 4.79 Å². The molecule has 20 atom stereocenters.